The first kappa shape index (κ1) is 14.9. The summed E-state index contributed by atoms with van der Waals surface area (Å²) in [4.78, 5) is 12.2. The van der Waals surface area contributed by atoms with Gasteiger partial charge >= 0.3 is 0 Å². The van der Waals surface area contributed by atoms with Crippen LogP contribution in [0, 0.1) is 13.8 Å². The summed E-state index contributed by atoms with van der Waals surface area (Å²) in [6.07, 6.45) is 0. The molecule has 0 heterocycles. The second-order valence-electron chi connectivity index (χ2n) is 4.61. The maximum absolute atomic E-state index is 12.2. The summed E-state index contributed by atoms with van der Waals surface area (Å²) in [6, 6.07) is 8.75. The van der Waals surface area contributed by atoms with Crippen molar-refractivity contribution >= 4 is 44.8 Å². The van der Waals surface area contributed by atoms with Gasteiger partial charge in [0.05, 0.1) is 10.7 Å². The van der Waals surface area contributed by atoms with E-state index in [2.05, 4.69) is 21.2 Å². The van der Waals surface area contributed by atoms with Crippen LogP contribution < -0.4 is 11.1 Å². The van der Waals surface area contributed by atoms with Crippen molar-refractivity contribution in [1.82, 2.24) is 0 Å². The Hall–Kier alpha value is -1.52. The van der Waals surface area contributed by atoms with Gasteiger partial charge in [0.15, 0.2) is 0 Å². The molecule has 0 fully saturated rings. The maximum Gasteiger partial charge on any atom is 0.255 e. The number of hydrogen-bond donors (Lipinski definition) is 2. The molecule has 20 heavy (non-hydrogen) atoms. The zero-order valence-electron chi connectivity index (χ0n) is 11.1. The van der Waals surface area contributed by atoms with Crippen LogP contribution in [0.3, 0.4) is 0 Å². The summed E-state index contributed by atoms with van der Waals surface area (Å²) < 4.78 is 0.987. The Morgan fingerprint density at radius 2 is 1.80 bits per heavy atom. The minimum Gasteiger partial charge on any atom is -0.398 e. The van der Waals surface area contributed by atoms with Crippen molar-refractivity contribution in [2.75, 3.05) is 11.1 Å². The van der Waals surface area contributed by atoms with Crippen LogP contribution in [-0.4, -0.2) is 5.91 Å². The second kappa shape index (κ2) is 5.85. The van der Waals surface area contributed by atoms with Gasteiger partial charge in [-0.25, -0.2) is 0 Å². The molecular weight excluding hydrogens is 340 g/mol. The molecule has 2 aromatic rings. The lowest BCUT2D eigenvalue weighted by Gasteiger charge is -2.12. The number of nitrogens with one attached hydrogen (secondary N) is 1. The highest BCUT2D eigenvalue weighted by atomic mass is 79.9. The highest BCUT2D eigenvalue weighted by molar-refractivity contribution is 9.10. The van der Waals surface area contributed by atoms with Crippen molar-refractivity contribution in [3.8, 4) is 0 Å². The summed E-state index contributed by atoms with van der Waals surface area (Å²) in [5.41, 5.74) is 9.38. The number of benzene rings is 2. The van der Waals surface area contributed by atoms with E-state index in [0.29, 0.717) is 16.3 Å². The van der Waals surface area contributed by atoms with Gasteiger partial charge in [0.2, 0.25) is 0 Å². The van der Waals surface area contributed by atoms with Gasteiger partial charge in [-0.05, 0) is 55.3 Å². The number of halogens is 2. The first-order valence-electron chi connectivity index (χ1n) is 6.01. The Morgan fingerprint density at radius 1 is 1.20 bits per heavy atom. The lowest BCUT2D eigenvalue weighted by atomic mass is 10.1. The molecule has 0 aromatic heterocycles. The summed E-state index contributed by atoms with van der Waals surface area (Å²) in [5, 5.41) is 3.35. The largest absolute Gasteiger partial charge is 0.398 e. The van der Waals surface area contributed by atoms with E-state index in [1.807, 2.05) is 26.0 Å². The highest BCUT2D eigenvalue weighted by Crippen LogP contribution is 2.26. The minimum absolute atomic E-state index is 0.207. The van der Waals surface area contributed by atoms with E-state index in [1.165, 1.54) is 0 Å². The Labute approximate surface area is 131 Å². The maximum atomic E-state index is 12.2. The average Bonchev–Trinajstić information content (AvgIpc) is 2.36. The van der Waals surface area contributed by atoms with E-state index >= 15 is 0 Å². The van der Waals surface area contributed by atoms with E-state index < -0.39 is 0 Å². The van der Waals surface area contributed by atoms with Gasteiger partial charge in [-0.1, -0.05) is 27.5 Å². The van der Waals surface area contributed by atoms with E-state index in [4.69, 9.17) is 17.3 Å². The third-order valence-corrected chi connectivity index (χ3v) is 3.80. The third kappa shape index (κ3) is 3.14. The van der Waals surface area contributed by atoms with Crippen molar-refractivity contribution in [2.45, 2.75) is 13.8 Å². The van der Waals surface area contributed by atoms with Gasteiger partial charge in [0, 0.05) is 15.7 Å². The Kier molecular flexibility index (Phi) is 4.35. The molecule has 0 aliphatic heterocycles. The smallest absolute Gasteiger partial charge is 0.255 e. The van der Waals surface area contributed by atoms with E-state index in [1.54, 1.807) is 18.2 Å². The van der Waals surface area contributed by atoms with Crippen molar-refractivity contribution < 1.29 is 4.79 Å². The number of amides is 1. The standard InChI is InChI=1S/C15H14BrClN2O/c1-8-5-11(16)6-9(2)14(8)19-15(20)10-3-4-12(17)13(18)7-10/h3-7H,18H2,1-2H3,(H,19,20). The van der Waals surface area contributed by atoms with Crippen molar-refractivity contribution in [1.29, 1.82) is 0 Å². The zero-order valence-corrected chi connectivity index (χ0v) is 13.5. The van der Waals surface area contributed by atoms with Crippen LogP contribution in [0.4, 0.5) is 11.4 Å². The molecule has 0 saturated carbocycles. The molecule has 5 heteroatoms. The van der Waals surface area contributed by atoms with Crippen LogP contribution in [0.1, 0.15) is 21.5 Å². The average molecular weight is 354 g/mol. The molecule has 2 rings (SSSR count). The number of aryl methyl sites for hydroxylation is 2. The molecule has 0 unspecified atom stereocenters. The number of anilines is 2. The van der Waals surface area contributed by atoms with Gasteiger partial charge in [-0.15, -0.1) is 0 Å². The van der Waals surface area contributed by atoms with Crippen molar-refractivity contribution in [3.63, 3.8) is 0 Å². The fourth-order valence-corrected chi connectivity index (χ4v) is 2.78. The topological polar surface area (TPSA) is 55.1 Å². The minimum atomic E-state index is -0.207. The molecule has 3 N–H and O–H groups in total. The molecule has 3 nitrogen and oxygen atoms in total. The number of carbonyl (C=O) groups is 1. The molecule has 0 aliphatic rings. The number of nitrogen functional groups attached to an aromatic ring is 1. The summed E-state index contributed by atoms with van der Waals surface area (Å²) >= 11 is 9.28. The van der Waals surface area contributed by atoms with E-state index in [9.17, 15) is 4.79 Å². The molecule has 0 atom stereocenters. The van der Waals surface area contributed by atoms with Crippen molar-refractivity contribution in [2.24, 2.45) is 0 Å². The number of rotatable bonds is 2. The molecule has 104 valence electrons. The molecule has 0 bridgehead atoms. The predicted octanol–water partition coefficient (Wildman–Crippen LogP) is 4.55. The van der Waals surface area contributed by atoms with E-state index in [-0.39, 0.29) is 5.91 Å². The lowest BCUT2D eigenvalue weighted by molar-refractivity contribution is 0.102. The SMILES string of the molecule is Cc1cc(Br)cc(C)c1NC(=O)c1ccc(Cl)c(N)c1. The molecule has 2 aromatic carbocycles. The molecule has 0 spiro atoms. The lowest BCUT2D eigenvalue weighted by Crippen LogP contribution is -2.14. The van der Waals surface area contributed by atoms with Gasteiger partial charge in [0.25, 0.3) is 5.91 Å². The summed E-state index contributed by atoms with van der Waals surface area (Å²) in [6.45, 7) is 3.90. The Balaban J connectivity index is 2.30. The van der Waals surface area contributed by atoms with Crippen LogP contribution in [0.2, 0.25) is 5.02 Å². The Bertz CT molecular complexity index is 663. The molecule has 0 radical (unpaired) electrons. The number of nitrogens with two attached hydrogens (primary N) is 1. The second-order valence-corrected chi connectivity index (χ2v) is 5.93. The van der Waals surface area contributed by atoms with Gasteiger partial charge in [-0.3, -0.25) is 4.79 Å². The monoisotopic (exact) mass is 352 g/mol. The van der Waals surface area contributed by atoms with Crippen LogP contribution in [0.25, 0.3) is 0 Å². The van der Waals surface area contributed by atoms with Crippen LogP contribution in [0.5, 0.6) is 0 Å². The fourth-order valence-electron chi connectivity index (χ4n) is 1.98. The molecule has 0 saturated heterocycles. The first-order chi connectivity index (χ1) is 9.38. The molecule has 0 aliphatic carbocycles. The predicted molar refractivity (Wildman–Crippen MR) is 87.4 cm³/mol. The zero-order chi connectivity index (χ0) is 14.9. The van der Waals surface area contributed by atoms with Gasteiger partial charge < -0.3 is 11.1 Å². The van der Waals surface area contributed by atoms with Crippen molar-refractivity contribution in [3.05, 3.63) is 56.5 Å². The highest BCUT2D eigenvalue weighted by Gasteiger charge is 2.11. The van der Waals surface area contributed by atoms with Crippen LogP contribution in [-0.2, 0) is 0 Å². The first-order valence-corrected chi connectivity index (χ1v) is 7.18. The fraction of sp³-hybridized carbons (Fsp3) is 0.133. The number of hydrogen-bond acceptors (Lipinski definition) is 2. The van der Waals surface area contributed by atoms with Crippen LogP contribution >= 0.6 is 27.5 Å². The summed E-state index contributed by atoms with van der Waals surface area (Å²) in [7, 11) is 0. The van der Waals surface area contributed by atoms with E-state index in [0.717, 1.165) is 21.3 Å². The molecule has 1 amide bonds. The normalized spacial score (nSPS) is 10.4. The molecular formula is C15H14BrClN2O. The van der Waals surface area contributed by atoms with Gasteiger partial charge in [-0.2, -0.15) is 0 Å². The van der Waals surface area contributed by atoms with Gasteiger partial charge in [0.1, 0.15) is 0 Å². The number of carbonyl (C=O) groups excluding carboxylic acids is 1. The van der Waals surface area contributed by atoms with Crippen LogP contribution in [0.15, 0.2) is 34.8 Å². The Morgan fingerprint density at radius 3 is 2.35 bits per heavy atom. The quantitative estimate of drug-likeness (QED) is 0.778. The summed E-state index contributed by atoms with van der Waals surface area (Å²) in [5.74, 6) is -0.207. The third-order valence-electron chi connectivity index (χ3n) is 2.99.